The highest BCUT2D eigenvalue weighted by Crippen LogP contribution is 2.12. The van der Waals surface area contributed by atoms with Crippen LogP contribution in [0.3, 0.4) is 0 Å². The molecule has 1 aromatic carbocycles. The van der Waals surface area contributed by atoms with Gasteiger partial charge in [-0.2, -0.15) is 0 Å². The van der Waals surface area contributed by atoms with E-state index in [0.717, 1.165) is 10.0 Å². The summed E-state index contributed by atoms with van der Waals surface area (Å²) in [4.78, 5) is 12.0. The normalized spacial score (nSPS) is 10.6. The zero-order chi connectivity index (χ0) is 13.0. The third kappa shape index (κ3) is 3.24. The van der Waals surface area contributed by atoms with E-state index in [0.29, 0.717) is 25.2 Å². The van der Waals surface area contributed by atoms with Crippen molar-refractivity contribution in [3.8, 4) is 0 Å². The number of rotatable bonds is 5. The number of Topliss-reactive ketones (excluding diaryl/α,β-unsaturated/α-hetero) is 1. The Hall–Kier alpha value is -1.53. The minimum Gasteiger partial charge on any atom is -0.329 e. The summed E-state index contributed by atoms with van der Waals surface area (Å²) >= 11 is 3.35. The lowest BCUT2D eigenvalue weighted by Gasteiger charge is -1.98. The van der Waals surface area contributed by atoms with Crippen LogP contribution in [0.4, 0.5) is 0 Å². The molecule has 0 radical (unpaired) electrons. The largest absolute Gasteiger partial charge is 0.329 e. The van der Waals surface area contributed by atoms with Crippen molar-refractivity contribution >= 4 is 21.7 Å². The first-order valence-electron chi connectivity index (χ1n) is 5.57. The van der Waals surface area contributed by atoms with Crippen LogP contribution in [0.2, 0.25) is 0 Å². The molecule has 1 heterocycles. The number of nitrogens with two attached hydrogens (primary N) is 1. The highest BCUT2D eigenvalue weighted by molar-refractivity contribution is 9.10. The Bertz CT molecular complexity index is 535. The fourth-order valence-corrected chi connectivity index (χ4v) is 1.81. The summed E-state index contributed by atoms with van der Waals surface area (Å²) in [6, 6.07) is 7.64. The van der Waals surface area contributed by atoms with Gasteiger partial charge in [-0.25, -0.2) is 0 Å². The Kier molecular flexibility index (Phi) is 4.22. The van der Waals surface area contributed by atoms with Gasteiger partial charge in [-0.1, -0.05) is 33.3 Å². The second-order valence-electron chi connectivity index (χ2n) is 3.88. The van der Waals surface area contributed by atoms with Crippen LogP contribution in [0.25, 0.3) is 0 Å². The van der Waals surface area contributed by atoms with E-state index in [2.05, 4.69) is 26.2 Å². The summed E-state index contributed by atoms with van der Waals surface area (Å²) in [7, 11) is 0. The van der Waals surface area contributed by atoms with Crippen LogP contribution in [0.15, 0.2) is 34.9 Å². The molecule has 18 heavy (non-hydrogen) atoms. The Morgan fingerprint density at radius 2 is 2.06 bits per heavy atom. The van der Waals surface area contributed by atoms with Gasteiger partial charge in [0, 0.05) is 17.4 Å². The summed E-state index contributed by atoms with van der Waals surface area (Å²) in [5.74, 6) is -0.0411. The molecule has 94 valence electrons. The van der Waals surface area contributed by atoms with Gasteiger partial charge in [0.2, 0.25) is 0 Å². The van der Waals surface area contributed by atoms with Gasteiger partial charge in [0.1, 0.15) is 5.69 Å². The van der Waals surface area contributed by atoms with Crippen molar-refractivity contribution < 1.29 is 4.79 Å². The highest BCUT2D eigenvalue weighted by atomic mass is 79.9. The number of carbonyl (C=O) groups excluding carboxylic acids is 1. The average Bonchev–Trinajstić information content (AvgIpc) is 2.81. The molecule has 5 nitrogen and oxygen atoms in total. The summed E-state index contributed by atoms with van der Waals surface area (Å²) in [5, 5.41) is 7.69. The second-order valence-corrected chi connectivity index (χ2v) is 4.80. The molecule has 0 aliphatic rings. The molecule has 2 aromatic rings. The predicted molar refractivity (Wildman–Crippen MR) is 71.3 cm³/mol. The Balaban J connectivity index is 2.04. The molecule has 0 aliphatic heterocycles. The van der Waals surface area contributed by atoms with Crippen molar-refractivity contribution in [1.82, 2.24) is 15.0 Å². The number of hydrogen-bond donors (Lipinski definition) is 1. The maximum Gasteiger partial charge on any atom is 0.189 e. The van der Waals surface area contributed by atoms with Gasteiger partial charge < -0.3 is 5.73 Å². The van der Waals surface area contributed by atoms with E-state index in [9.17, 15) is 4.79 Å². The second kappa shape index (κ2) is 5.88. The zero-order valence-electron chi connectivity index (χ0n) is 9.71. The van der Waals surface area contributed by atoms with Crippen LogP contribution in [-0.2, 0) is 13.0 Å². The number of benzene rings is 1. The monoisotopic (exact) mass is 308 g/mol. The first-order chi connectivity index (χ1) is 8.69. The first kappa shape index (κ1) is 12.9. The number of carbonyl (C=O) groups is 1. The van der Waals surface area contributed by atoms with Crippen LogP contribution in [0.1, 0.15) is 16.1 Å². The summed E-state index contributed by atoms with van der Waals surface area (Å²) in [5.41, 5.74) is 6.74. The lowest BCUT2D eigenvalue weighted by Crippen LogP contribution is -2.10. The molecular weight excluding hydrogens is 296 g/mol. The van der Waals surface area contributed by atoms with E-state index in [4.69, 9.17) is 5.73 Å². The van der Waals surface area contributed by atoms with Crippen molar-refractivity contribution in [2.45, 2.75) is 13.0 Å². The molecule has 6 heteroatoms. The van der Waals surface area contributed by atoms with E-state index in [1.807, 2.05) is 24.3 Å². The third-order valence-corrected chi connectivity index (χ3v) is 2.99. The quantitative estimate of drug-likeness (QED) is 0.848. The van der Waals surface area contributed by atoms with Crippen molar-refractivity contribution in [2.75, 3.05) is 6.54 Å². The van der Waals surface area contributed by atoms with Gasteiger partial charge in [0.05, 0.1) is 12.7 Å². The fourth-order valence-electron chi connectivity index (χ4n) is 1.55. The van der Waals surface area contributed by atoms with Crippen LogP contribution < -0.4 is 5.73 Å². The van der Waals surface area contributed by atoms with E-state index in [1.165, 1.54) is 0 Å². The van der Waals surface area contributed by atoms with E-state index < -0.39 is 0 Å². The molecule has 0 amide bonds. The molecular formula is C12H13BrN4O. The molecule has 1 aromatic heterocycles. The first-order valence-corrected chi connectivity index (χ1v) is 6.36. The molecule has 0 fully saturated rings. The number of nitrogens with zero attached hydrogens (tertiary/aromatic N) is 3. The average molecular weight is 309 g/mol. The lowest BCUT2D eigenvalue weighted by atomic mass is 10.1. The number of hydrogen-bond acceptors (Lipinski definition) is 4. The number of halogens is 1. The minimum atomic E-state index is -0.0411. The van der Waals surface area contributed by atoms with E-state index >= 15 is 0 Å². The smallest absolute Gasteiger partial charge is 0.189 e. The van der Waals surface area contributed by atoms with Crippen molar-refractivity contribution in [3.05, 3.63) is 46.2 Å². The highest BCUT2D eigenvalue weighted by Gasteiger charge is 2.11. The van der Waals surface area contributed by atoms with E-state index in [1.54, 1.807) is 10.9 Å². The molecule has 2 rings (SSSR count). The molecule has 0 bridgehead atoms. The topological polar surface area (TPSA) is 73.8 Å². The maximum absolute atomic E-state index is 12.0. The zero-order valence-corrected chi connectivity index (χ0v) is 11.3. The Morgan fingerprint density at radius 1 is 1.33 bits per heavy atom. The minimum absolute atomic E-state index is 0.0411. The summed E-state index contributed by atoms with van der Waals surface area (Å²) in [6.45, 7) is 1.04. The molecule has 2 N–H and O–H groups in total. The third-order valence-electron chi connectivity index (χ3n) is 2.46. The van der Waals surface area contributed by atoms with Gasteiger partial charge in [0.25, 0.3) is 0 Å². The predicted octanol–water partition coefficient (Wildman–Crippen LogP) is 1.42. The van der Waals surface area contributed by atoms with Crippen LogP contribution in [0, 0.1) is 0 Å². The Labute approximate surface area is 113 Å². The van der Waals surface area contributed by atoms with Crippen LogP contribution >= 0.6 is 15.9 Å². The van der Waals surface area contributed by atoms with Gasteiger partial charge in [-0.3, -0.25) is 9.48 Å². The number of ketones is 1. The van der Waals surface area contributed by atoms with Crippen molar-refractivity contribution in [3.63, 3.8) is 0 Å². The molecule has 0 atom stereocenters. The molecule has 0 saturated heterocycles. The summed E-state index contributed by atoms with van der Waals surface area (Å²) in [6.07, 6.45) is 1.96. The molecule has 0 saturated carbocycles. The molecule has 0 aliphatic carbocycles. The van der Waals surface area contributed by atoms with E-state index in [-0.39, 0.29) is 5.78 Å². The fraction of sp³-hybridized carbons (Fsp3) is 0.250. The van der Waals surface area contributed by atoms with Crippen molar-refractivity contribution in [1.29, 1.82) is 0 Å². The van der Waals surface area contributed by atoms with Crippen LogP contribution in [0.5, 0.6) is 0 Å². The molecule has 0 spiro atoms. The van der Waals surface area contributed by atoms with Crippen molar-refractivity contribution in [2.24, 2.45) is 5.73 Å². The van der Waals surface area contributed by atoms with Gasteiger partial charge in [-0.05, 0) is 17.7 Å². The van der Waals surface area contributed by atoms with Crippen LogP contribution in [-0.4, -0.2) is 27.3 Å². The Morgan fingerprint density at radius 3 is 2.72 bits per heavy atom. The standard InChI is InChI=1S/C12H13BrN4O/c13-10-3-1-9(2-4-10)7-12(18)11-8-17(6-5-14)16-15-11/h1-4,8H,5-7,14H2. The SMILES string of the molecule is NCCn1cc(C(=O)Cc2ccc(Br)cc2)nn1. The van der Waals surface area contributed by atoms with Gasteiger partial charge in [-0.15, -0.1) is 5.10 Å². The van der Waals surface area contributed by atoms with Gasteiger partial charge >= 0.3 is 0 Å². The lowest BCUT2D eigenvalue weighted by molar-refractivity contribution is 0.0988. The maximum atomic E-state index is 12.0. The molecule has 0 unspecified atom stereocenters. The summed E-state index contributed by atoms with van der Waals surface area (Å²) < 4.78 is 2.57. The van der Waals surface area contributed by atoms with Gasteiger partial charge in [0.15, 0.2) is 5.78 Å². The number of aromatic nitrogens is 3.